The molecule has 0 bridgehead atoms. The summed E-state index contributed by atoms with van der Waals surface area (Å²) in [5.41, 5.74) is 5.34. The van der Waals surface area contributed by atoms with Crippen molar-refractivity contribution < 1.29 is 9.59 Å². The first kappa shape index (κ1) is 13.6. The summed E-state index contributed by atoms with van der Waals surface area (Å²) >= 11 is 1.49. The highest BCUT2D eigenvalue weighted by Gasteiger charge is 2.37. The molecule has 0 aromatic carbocycles. The van der Waals surface area contributed by atoms with E-state index in [2.05, 4.69) is 4.90 Å². The molecule has 0 atom stereocenters. The van der Waals surface area contributed by atoms with Crippen molar-refractivity contribution in [1.82, 2.24) is 9.80 Å². The van der Waals surface area contributed by atoms with Gasteiger partial charge in [0.15, 0.2) is 0 Å². The van der Waals surface area contributed by atoms with Crippen LogP contribution >= 0.6 is 11.3 Å². The zero-order valence-electron chi connectivity index (χ0n) is 11.3. The number of primary amides is 1. The molecule has 2 amide bonds. The van der Waals surface area contributed by atoms with Gasteiger partial charge in [0, 0.05) is 25.0 Å². The lowest BCUT2D eigenvalue weighted by Crippen LogP contribution is -2.62. The van der Waals surface area contributed by atoms with Crippen LogP contribution in [-0.2, 0) is 4.79 Å². The van der Waals surface area contributed by atoms with Crippen LogP contribution in [0.2, 0.25) is 0 Å². The molecule has 6 heteroatoms. The number of rotatable bonds is 3. The van der Waals surface area contributed by atoms with Crippen molar-refractivity contribution in [2.24, 2.45) is 11.7 Å². The highest BCUT2D eigenvalue weighted by molar-refractivity contribution is 7.12. The first-order chi connectivity index (χ1) is 9.65. The van der Waals surface area contributed by atoms with E-state index < -0.39 is 0 Å². The summed E-state index contributed by atoms with van der Waals surface area (Å²) in [5, 5.41) is 1.93. The second-order valence-corrected chi connectivity index (χ2v) is 6.50. The Labute approximate surface area is 122 Å². The van der Waals surface area contributed by atoms with Crippen molar-refractivity contribution >= 4 is 23.2 Å². The van der Waals surface area contributed by atoms with E-state index in [0.717, 1.165) is 43.9 Å². The summed E-state index contributed by atoms with van der Waals surface area (Å²) in [7, 11) is 0. The predicted octanol–water partition coefficient (Wildman–Crippen LogP) is 0.770. The molecule has 0 saturated carbocycles. The molecule has 2 fully saturated rings. The van der Waals surface area contributed by atoms with Gasteiger partial charge in [0.25, 0.3) is 5.91 Å². The molecule has 5 nitrogen and oxygen atoms in total. The van der Waals surface area contributed by atoms with Gasteiger partial charge in [-0.05, 0) is 37.4 Å². The molecule has 20 heavy (non-hydrogen) atoms. The van der Waals surface area contributed by atoms with Gasteiger partial charge in [-0.1, -0.05) is 6.07 Å². The van der Waals surface area contributed by atoms with Crippen molar-refractivity contribution in [3.05, 3.63) is 22.4 Å². The number of amides is 2. The zero-order valence-corrected chi connectivity index (χ0v) is 12.1. The third kappa shape index (κ3) is 2.58. The Morgan fingerprint density at radius 2 is 1.95 bits per heavy atom. The van der Waals surface area contributed by atoms with E-state index in [0.29, 0.717) is 6.04 Å². The van der Waals surface area contributed by atoms with E-state index in [1.54, 1.807) is 0 Å². The number of nitrogens with zero attached hydrogens (tertiary/aromatic N) is 2. The van der Waals surface area contributed by atoms with Crippen LogP contribution in [0.3, 0.4) is 0 Å². The number of nitrogens with two attached hydrogens (primary N) is 1. The number of carbonyl (C=O) groups excluding carboxylic acids is 2. The van der Waals surface area contributed by atoms with E-state index >= 15 is 0 Å². The molecule has 0 aliphatic carbocycles. The Kier molecular flexibility index (Phi) is 3.76. The summed E-state index contributed by atoms with van der Waals surface area (Å²) in [5.74, 6) is 0.00575. The standard InChI is InChI=1S/C14H19N3O2S/c15-13(18)10-3-5-16(6-4-10)11-8-17(9-11)14(19)12-2-1-7-20-12/h1-2,7,10-11H,3-6,8-9H2,(H2,15,18). The van der Waals surface area contributed by atoms with Crippen molar-refractivity contribution in [2.45, 2.75) is 18.9 Å². The van der Waals surface area contributed by atoms with Crippen LogP contribution in [0.5, 0.6) is 0 Å². The van der Waals surface area contributed by atoms with Crippen LogP contribution in [0.25, 0.3) is 0 Å². The predicted molar refractivity (Wildman–Crippen MR) is 77.5 cm³/mol. The van der Waals surface area contributed by atoms with Crippen molar-refractivity contribution in [1.29, 1.82) is 0 Å². The summed E-state index contributed by atoms with van der Waals surface area (Å²) in [6.45, 7) is 3.44. The second-order valence-electron chi connectivity index (χ2n) is 5.55. The van der Waals surface area contributed by atoms with Gasteiger partial charge in [-0.2, -0.15) is 0 Å². The van der Waals surface area contributed by atoms with Gasteiger partial charge >= 0.3 is 0 Å². The first-order valence-corrected chi connectivity index (χ1v) is 7.89. The minimum absolute atomic E-state index is 0.0372. The van der Waals surface area contributed by atoms with Crippen LogP contribution in [-0.4, -0.2) is 53.8 Å². The molecule has 1 aromatic heterocycles. The lowest BCUT2D eigenvalue weighted by atomic mass is 9.94. The molecule has 2 saturated heterocycles. The third-order valence-corrected chi connectivity index (χ3v) is 5.19. The molecular formula is C14H19N3O2S. The fourth-order valence-electron chi connectivity index (χ4n) is 2.96. The lowest BCUT2D eigenvalue weighted by Gasteiger charge is -2.47. The average Bonchev–Trinajstić information content (AvgIpc) is 2.91. The Hall–Kier alpha value is -1.40. The monoisotopic (exact) mass is 293 g/mol. The number of hydrogen-bond donors (Lipinski definition) is 1. The topological polar surface area (TPSA) is 66.6 Å². The van der Waals surface area contributed by atoms with Gasteiger partial charge < -0.3 is 10.6 Å². The zero-order chi connectivity index (χ0) is 14.1. The molecule has 2 aliphatic heterocycles. The van der Waals surface area contributed by atoms with Crippen molar-refractivity contribution in [3.63, 3.8) is 0 Å². The number of piperidine rings is 1. The van der Waals surface area contributed by atoms with Gasteiger partial charge in [0.05, 0.1) is 4.88 Å². The Morgan fingerprint density at radius 1 is 1.25 bits per heavy atom. The van der Waals surface area contributed by atoms with E-state index in [1.165, 1.54) is 11.3 Å². The molecule has 3 rings (SSSR count). The molecule has 1 aromatic rings. The normalized spacial score (nSPS) is 21.7. The van der Waals surface area contributed by atoms with Crippen LogP contribution in [0, 0.1) is 5.92 Å². The van der Waals surface area contributed by atoms with E-state index in [1.807, 2.05) is 22.4 Å². The van der Waals surface area contributed by atoms with Gasteiger partial charge in [-0.3, -0.25) is 14.5 Å². The minimum Gasteiger partial charge on any atom is -0.369 e. The molecule has 108 valence electrons. The van der Waals surface area contributed by atoms with Crippen molar-refractivity contribution in [2.75, 3.05) is 26.2 Å². The quantitative estimate of drug-likeness (QED) is 0.895. The molecule has 2 N–H and O–H groups in total. The highest BCUT2D eigenvalue weighted by atomic mass is 32.1. The Balaban J connectivity index is 1.47. The van der Waals surface area contributed by atoms with E-state index in [4.69, 9.17) is 5.73 Å². The average molecular weight is 293 g/mol. The fourth-order valence-corrected chi connectivity index (χ4v) is 3.65. The van der Waals surface area contributed by atoms with Crippen LogP contribution < -0.4 is 5.73 Å². The van der Waals surface area contributed by atoms with E-state index in [-0.39, 0.29) is 17.7 Å². The largest absolute Gasteiger partial charge is 0.369 e. The van der Waals surface area contributed by atoms with Crippen molar-refractivity contribution in [3.8, 4) is 0 Å². The third-order valence-electron chi connectivity index (χ3n) is 4.33. The molecular weight excluding hydrogens is 274 g/mol. The smallest absolute Gasteiger partial charge is 0.264 e. The summed E-state index contributed by atoms with van der Waals surface area (Å²) in [4.78, 5) is 28.4. The van der Waals surface area contributed by atoms with Gasteiger partial charge in [0.1, 0.15) is 0 Å². The molecule has 3 heterocycles. The number of likely N-dealkylation sites (tertiary alicyclic amines) is 2. The minimum atomic E-state index is -0.173. The summed E-state index contributed by atoms with van der Waals surface area (Å²) in [6.07, 6.45) is 1.70. The molecule has 0 radical (unpaired) electrons. The number of carbonyl (C=O) groups is 2. The van der Waals surface area contributed by atoms with Crippen LogP contribution in [0.15, 0.2) is 17.5 Å². The van der Waals surface area contributed by atoms with Crippen LogP contribution in [0.4, 0.5) is 0 Å². The first-order valence-electron chi connectivity index (χ1n) is 7.01. The maximum Gasteiger partial charge on any atom is 0.264 e. The molecule has 2 aliphatic rings. The second kappa shape index (κ2) is 5.54. The Bertz CT molecular complexity index is 489. The number of thiophene rings is 1. The highest BCUT2D eigenvalue weighted by Crippen LogP contribution is 2.25. The SMILES string of the molecule is NC(=O)C1CCN(C2CN(C(=O)c3cccs3)C2)CC1. The van der Waals surface area contributed by atoms with Gasteiger partial charge in [0.2, 0.25) is 5.91 Å². The fraction of sp³-hybridized carbons (Fsp3) is 0.571. The number of hydrogen-bond acceptors (Lipinski definition) is 4. The summed E-state index contributed by atoms with van der Waals surface area (Å²) < 4.78 is 0. The maximum absolute atomic E-state index is 12.1. The molecule has 0 unspecified atom stereocenters. The van der Waals surface area contributed by atoms with Gasteiger partial charge in [-0.15, -0.1) is 11.3 Å². The maximum atomic E-state index is 12.1. The van der Waals surface area contributed by atoms with Crippen LogP contribution in [0.1, 0.15) is 22.5 Å². The summed E-state index contributed by atoms with van der Waals surface area (Å²) in [6, 6.07) is 4.23. The van der Waals surface area contributed by atoms with E-state index in [9.17, 15) is 9.59 Å². The molecule has 0 spiro atoms. The van der Waals surface area contributed by atoms with Gasteiger partial charge in [-0.25, -0.2) is 0 Å². The lowest BCUT2D eigenvalue weighted by molar-refractivity contribution is -0.123. The Morgan fingerprint density at radius 3 is 2.50 bits per heavy atom.